The van der Waals surface area contributed by atoms with Crippen LogP contribution in [0.2, 0.25) is 39.3 Å². The number of nitrogens with zero attached hydrogens (tertiary/aromatic N) is 1. The number of pyridine rings is 1. The zero-order valence-electron chi connectivity index (χ0n) is 23.0. The van der Waals surface area contributed by atoms with Gasteiger partial charge in [-0.3, -0.25) is 0 Å². The molecule has 0 bridgehead atoms. The van der Waals surface area contributed by atoms with Crippen molar-refractivity contribution in [3.05, 3.63) is 65.2 Å². The first kappa shape index (κ1) is 24.0. The minimum absolute atomic E-state index is 0.957. The number of fused-ring (bicyclic) bond motifs is 4. The van der Waals surface area contributed by atoms with Gasteiger partial charge in [0.05, 0.1) is 21.7 Å². The van der Waals surface area contributed by atoms with Crippen molar-refractivity contribution in [2.75, 3.05) is 0 Å². The highest BCUT2D eigenvalue weighted by molar-refractivity contribution is 6.91. The lowest BCUT2D eigenvalue weighted by molar-refractivity contribution is -0.633. The Morgan fingerprint density at radius 1 is 0.686 bits per heavy atom. The van der Waals surface area contributed by atoms with Crippen LogP contribution >= 0.6 is 0 Å². The van der Waals surface area contributed by atoms with Crippen molar-refractivity contribution in [1.82, 2.24) is 0 Å². The maximum atomic E-state index is 6.56. The number of aryl methyl sites for hydroxylation is 3. The Kier molecular flexibility index (Phi) is 5.42. The number of hydrogen-bond acceptors (Lipinski definition) is 1. The van der Waals surface area contributed by atoms with Crippen LogP contribution in [0.1, 0.15) is 16.7 Å². The highest BCUT2D eigenvalue weighted by atomic mass is 28.3. The normalized spacial score (nSPS) is 12.9. The summed E-state index contributed by atoms with van der Waals surface area (Å²) in [6.07, 6.45) is 0. The summed E-state index contributed by atoms with van der Waals surface area (Å²) in [6, 6.07) is 18.2. The molecule has 0 N–H and O–H groups in total. The summed E-state index contributed by atoms with van der Waals surface area (Å²) in [4.78, 5) is 0. The molecule has 0 saturated heterocycles. The van der Waals surface area contributed by atoms with Crippen LogP contribution in [0.3, 0.4) is 0 Å². The average molecular weight is 497 g/mol. The molecule has 0 amide bonds. The van der Waals surface area contributed by atoms with E-state index in [2.05, 4.69) is 120 Å². The fourth-order valence-corrected chi connectivity index (χ4v) is 9.10. The van der Waals surface area contributed by atoms with Crippen molar-refractivity contribution in [2.24, 2.45) is 7.05 Å². The molecule has 0 unspecified atom stereocenters. The molecule has 0 atom stereocenters. The van der Waals surface area contributed by atoms with Crippen molar-refractivity contribution in [2.45, 2.75) is 60.1 Å². The highest BCUT2D eigenvalue weighted by Gasteiger charge is 2.31. The van der Waals surface area contributed by atoms with Crippen LogP contribution in [0, 0.1) is 20.8 Å². The second-order valence-electron chi connectivity index (χ2n) is 12.4. The topological polar surface area (TPSA) is 17.0 Å². The van der Waals surface area contributed by atoms with E-state index in [-0.39, 0.29) is 0 Å². The molecule has 2 aromatic heterocycles. The van der Waals surface area contributed by atoms with E-state index in [0.29, 0.717) is 0 Å². The number of rotatable bonds is 3. The van der Waals surface area contributed by atoms with Gasteiger partial charge in [-0.25, -0.2) is 0 Å². The van der Waals surface area contributed by atoms with E-state index >= 15 is 0 Å². The summed E-state index contributed by atoms with van der Waals surface area (Å²) in [6.45, 7) is 21.6. The molecule has 5 aromatic rings. The van der Waals surface area contributed by atoms with E-state index in [1.54, 1.807) is 5.19 Å². The molecule has 0 aliphatic carbocycles. The molecule has 0 fully saturated rings. The van der Waals surface area contributed by atoms with Gasteiger partial charge in [0.1, 0.15) is 18.2 Å². The maximum absolute atomic E-state index is 6.56. The minimum Gasteiger partial charge on any atom is -0.455 e. The first-order valence-electron chi connectivity index (χ1n) is 12.7. The van der Waals surface area contributed by atoms with Crippen molar-refractivity contribution in [1.29, 1.82) is 0 Å². The maximum Gasteiger partial charge on any atom is 0.216 e. The fourth-order valence-electron chi connectivity index (χ4n) is 5.69. The molecule has 2 heterocycles. The zero-order valence-corrected chi connectivity index (χ0v) is 25.0. The Morgan fingerprint density at radius 2 is 1.34 bits per heavy atom. The third-order valence-electron chi connectivity index (χ3n) is 7.70. The number of para-hydroxylation sites is 1. The molecule has 0 aliphatic rings. The molecule has 3 aromatic carbocycles. The monoisotopic (exact) mass is 496 g/mol. The van der Waals surface area contributed by atoms with Crippen LogP contribution < -0.4 is 14.9 Å². The Bertz CT molecular complexity index is 1650. The van der Waals surface area contributed by atoms with Crippen LogP contribution in [-0.2, 0) is 7.05 Å². The molecule has 0 aliphatic heterocycles. The lowest BCUT2D eigenvalue weighted by Gasteiger charge is -2.24. The Hall–Kier alpha value is -2.70. The fraction of sp³-hybridized carbons (Fsp3) is 0.323. The van der Waals surface area contributed by atoms with Gasteiger partial charge >= 0.3 is 0 Å². The first-order valence-corrected chi connectivity index (χ1v) is 19.7. The van der Waals surface area contributed by atoms with Crippen LogP contribution in [0.4, 0.5) is 0 Å². The summed E-state index contributed by atoms with van der Waals surface area (Å²) in [5.74, 6) is 0. The predicted molar refractivity (Wildman–Crippen MR) is 158 cm³/mol. The summed E-state index contributed by atoms with van der Waals surface area (Å²) < 4.78 is 8.97. The summed E-state index contributed by atoms with van der Waals surface area (Å²) in [7, 11) is -0.864. The van der Waals surface area contributed by atoms with Gasteiger partial charge in [-0.2, -0.15) is 4.57 Å². The minimum atomic E-state index is -1.64. The van der Waals surface area contributed by atoms with E-state index in [9.17, 15) is 0 Å². The average Bonchev–Trinajstić information content (AvgIpc) is 3.12. The van der Waals surface area contributed by atoms with Gasteiger partial charge in [-0.15, -0.1) is 0 Å². The van der Waals surface area contributed by atoms with Gasteiger partial charge in [-0.1, -0.05) is 62.7 Å². The van der Waals surface area contributed by atoms with Crippen molar-refractivity contribution in [3.8, 4) is 11.3 Å². The number of benzene rings is 3. The highest BCUT2D eigenvalue weighted by Crippen LogP contribution is 2.38. The van der Waals surface area contributed by atoms with E-state index < -0.39 is 16.1 Å². The molecule has 4 heteroatoms. The standard InChI is InChI=1S/C31H38NOSi2/c1-19-15-23-22-13-11-12-14-27(22)33-31(23)30(21(19)3)26-18-29(35(8,9)10)24-17-28(34(5,6)7)20(2)16-25(24)32(26)4/h11-18H,1-10H3/q+1. The molecule has 0 radical (unpaired) electrons. The van der Waals surface area contributed by atoms with Gasteiger partial charge in [0, 0.05) is 28.3 Å². The van der Waals surface area contributed by atoms with Gasteiger partial charge in [-0.05, 0) is 60.8 Å². The van der Waals surface area contributed by atoms with Gasteiger partial charge in [0.2, 0.25) is 11.2 Å². The first-order chi connectivity index (χ1) is 16.3. The van der Waals surface area contributed by atoms with Crippen LogP contribution in [0.5, 0.6) is 0 Å². The van der Waals surface area contributed by atoms with Crippen LogP contribution in [0.15, 0.2) is 52.9 Å². The molecule has 0 spiro atoms. The summed E-state index contributed by atoms with van der Waals surface area (Å²) in [5.41, 5.74) is 9.78. The largest absolute Gasteiger partial charge is 0.455 e. The predicted octanol–water partition coefficient (Wildman–Crippen LogP) is 7.25. The van der Waals surface area contributed by atoms with Crippen molar-refractivity contribution < 1.29 is 8.98 Å². The third-order valence-corrected chi connectivity index (χ3v) is 11.9. The Labute approximate surface area is 211 Å². The van der Waals surface area contributed by atoms with Gasteiger partial charge in [0.15, 0.2) is 0 Å². The van der Waals surface area contributed by atoms with Gasteiger partial charge in [0.25, 0.3) is 0 Å². The summed E-state index contributed by atoms with van der Waals surface area (Å²) in [5, 5.41) is 6.94. The smallest absolute Gasteiger partial charge is 0.216 e. The van der Waals surface area contributed by atoms with E-state index in [1.165, 1.54) is 54.8 Å². The lowest BCUT2D eigenvalue weighted by Crippen LogP contribution is -2.46. The lowest BCUT2D eigenvalue weighted by atomic mass is 9.95. The van der Waals surface area contributed by atoms with Crippen LogP contribution in [0.25, 0.3) is 44.1 Å². The van der Waals surface area contributed by atoms with Crippen molar-refractivity contribution >= 4 is 59.4 Å². The quantitative estimate of drug-likeness (QED) is 0.190. The number of furan rings is 1. The molecule has 0 saturated carbocycles. The SMILES string of the molecule is Cc1cc2c(cc1[Si](C)(C)C)c([Si](C)(C)C)cc(-c1c(C)c(C)cc3c1oc1ccccc13)[n+]2C. The summed E-state index contributed by atoms with van der Waals surface area (Å²) >= 11 is 0. The van der Waals surface area contributed by atoms with E-state index in [4.69, 9.17) is 4.42 Å². The molecular weight excluding hydrogens is 459 g/mol. The number of hydrogen-bond donors (Lipinski definition) is 0. The molecule has 35 heavy (non-hydrogen) atoms. The second-order valence-corrected chi connectivity index (χ2v) is 22.4. The van der Waals surface area contributed by atoms with Gasteiger partial charge < -0.3 is 4.42 Å². The molecule has 180 valence electrons. The molecule has 5 rings (SSSR count). The third kappa shape index (κ3) is 3.78. The van der Waals surface area contributed by atoms with Crippen molar-refractivity contribution in [3.63, 3.8) is 0 Å². The molecule has 2 nitrogen and oxygen atoms in total. The zero-order chi connectivity index (χ0) is 25.4. The molecular formula is C31H38NOSi2+. The number of aromatic nitrogens is 1. The Morgan fingerprint density at radius 3 is 2.00 bits per heavy atom. The Balaban J connectivity index is 1.96. The van der Waals surface area contributed by atoms with E-state index in [0.717, 1.165) is 11.2 Å². The second kappa shape index (κ2) is 7.90. The van der Waals surface area contributed by atoms with Crippen LogP contribution in [-0.4, -0.2) is 16.1 Å². The van der Waals surface area contributed by atoms with E-state index in [1.807, 2.05) is 0 Å².